The summed E-state index contributed by atoms with van der Waals surface area (Å²) < 4.78 is 0.641. The van der Waals surface area contributed by atoms with Gasteiger partial charge in [-0.15, -0.1) is 0 Å². The minimum atomic E-state index is -1.41. The molecule has 0 radical (unpaired) electrons. The Kier molecular flexibility index (Phi) is 5.97. The van der Waals surface area contributed by atoms with Crippen molar-refractivity contribution in [1.29, 1.82) is 0 Å². The standard InChI is InChI=1S/C39H26BrNO3/c40-29-23-13-14-24-30(29)41-35(42)33-34(36(41)43)39(28-21-11-4-12-22-28)32(26-17-7-2-8-18-26)31(25-15-5-1-6-16-25)38(33,37(39)44)27-19-9-3-10-20-27/h1-24,33-34H. The molecule has 2 aliphatic carbocycles. The van der Waals surface area contributed by atoms with E-state index in [-0.39, 0.29) is 17.6 Å². The number of nitrogens with zero attached hydrogens (tertiary/aromatic N) is 1. The molecule has 2 bridgehead atoms. The van der Waals surface area contributed by atoms with Crippen molar-refractivity contribution in [2.75, 3.05) is 4.90 Å². The molecule has 0 spiro atoms. The van der Waals surface area contributed by atoms with E-state index in [2.05, 4.69) is 15.9 Å². The van der Waals surface area contributed by atoms with Gasteiger partial charge in [0.15, 0.2) is 5.78 Å². The number of ketones is 1. The zero-order valence-corrected chi connectivity index (χ0v) is 25.1. The Morgan fingerprint density at radius 1 is 0.477 bits per heavy atom. The van der Waals surface area contributed by atoms with Crippen LogP contribution in [0.5, 0.6) is 0 Å². The second kappa shape index (κ2) is 9.83. The fraction of sp³-hybridized carbons (Fsp3) is 0.103. The van der Waals surface area contributed by atoms with E-state index in [1.54, 1.807) is 6.07 Å². The number of carbonyl (C=O) groups excluding carboxylic acids is 3. The van der Waals surface area contributed by atoms with Gasteiger partial charge >= 0.3 is 0 Å². The molecule has 4 atom stereocenters. The summed E-state index contributed by atoms with van der Waals surface area (Å²) in [5, 5.41) is 0. The predicted molar refractivity (Wildman–Crippen MR) is 175 cm³/mol. The van der Waals surface area contributed by atoms with Gasteiger partial charge in [-0.05, 0) is 61.5 Å². The summed E-state index contributed by atoms with van der Waals surface area (Å²) >= 11 is 3.59. The molecule has 2 amide bonds. The van der Waals surface area contributed by atoms with Gasteiger partial charge in [0.2, 0.25) is 11.8 Å². The average molecular weight is 637 g/mol. The topological polar surface area (TPSA) is 54.5 Å². The van der Waals surface area contributed by atoms with Crippen LogP contribution in [0.4, 0.5) is 5.69 Å². The maximum absolute atomic E-state index is 15.8. The van der Waals surface area contributed by atoms with Crippen LogP contribution in [0.2, 0.25) is 0 Å². The van der Waals surface area contributed by atoms with Crippen molar-refractivity contribution in [1.82, 2.24) is 0 Å². The number of imide groups is 1. The van der Waals surface area contributed by atoms with Gasteiger partial charge in [-0.2, -0.15) is 0 Å². The van der Waals surface area contributed by atoms with Crippen LogP contribution in [0, 0.1) is 11.8 Å². The van der Waals surface area contributed by atoms with Gasteiger partial charge in [0, 0.05) is 4.47 Å². The number of anilines is 1. The third-order valence-electron chi connectivity index (χ3n) is 9.67. The van der Waals surface area contributed by atoms with Crippen molar-refractivity contribution < 1.29 is 14.4 Å². The Balaban J connectivity index is 1.57. The van der Waals surface area contributed by atoms with Gasteiger partial charge in [0.05, 0.1) is 28.4 Å². The Morgan fingerprint density at radius 3 is 1.25 bits per heavy atom. The van der Waals surface area contributed by atoms with Crippen LogP contribution >= 0.6 is 15.9 Å². The summed E-state index contributed by atoms with van der Waals surface area (Å²) in [5.74, 6) is -2.73. The van der Waals surface area contributed by atoms with Gasteiger partial charge in [-0.3, -0.25) is 14.4 Å². The highest BCUT2D eigenvalue weighted by molar-refractivity contribution is 9.10. The quantitative estimate of drug-likeness (QED) is 0.187. The number of Topliss-reactive ketones (excluding diaryl/α,β-unsaturated/α-hetero) is 1. The van der Waals surface area contributed by atoms with Crippen molar-refractivity contribution in [3.8, 4) is 0 Å². The highest BCUT2D eigenvalue weighted by Gasteiger charge is 2.82. The minimum Gasteiger partial charge on any atom is -0.297 e. The van der Waals surface area contributed by atoms with Crippen molar-refractivity contribution in [3.05, 3.63) is 172 Å². The van der Waals surface area contributed by atoms with Gasteiger partial charge < -0.3 is 0 Å². The van der Waals surface area contributed by atoms with Gasteiger partial charge in [0.1, 0.15) is 0 Å². The van der Waals surface area contributed by atoms with Crippen molar-refractivity contribution >= 4 is 50.4 Å². The number of carbonyl (C=O) groups is 3. The van der Waals surface area contributed by atoms with Gasteiger partial charge in [-0.25, -0.2) is 4.90 Å². The fourth-order valence-electron chi connectivity index (χ4n) is 8.20. The second-order valence-corrected chi connectivity index (χ2v) is 12.4. The molecule has 0 aromatic heterocycles. The van der Waals surface area contributed by atoms with Crippen molar-refractivity contribution in [2.24, 2.45) is 11.8 Å². The molecule has 1 aliphatic heterocycles. The molecule has 5 heteroatoms. The lowest BCUT2D eigenvalue weighted by atomic mass is 9.59. The van der Waals surface area contributed by atoms with Crippen LogP contribution < -0.4 is 4.90 Å². The molecule has 3 aliphatic rings. The molecule has 0 N–H and O–H groups in total. The number of allylic oxidation sites excluding steroid dienone is 2. The van der Waals surface area contributed by atoms with Crippen LogP contribution in [-0.4, -0.2) is 17.6 Å². The Morgan fingerprint density at radius 2 is 0.841 bits per heavy atom. The van der Waals surface area contributed by atoms with Crippen LogP contribution in [0.15, 0.2) is 150 Å². The molecular formula is C39H26BrNO3. The van der Waals surface area contributed by atoms with Gasteiger partial charge in [-0.1, -0.05) is 133 Å². The molecule has 5 aromatic carbocycles. The number of amides is 2. The lowest BCUT2D eigenvalue weighted by molar-refractivity contribution is -0.130. The molecule has 1 saturated carbocycles. The van der Waals surface area contributed by atoms with E-state index < -0.39 is 22.7 Å². The highest BCUT2D eigenvalue weighted by atomic mass is 79.9. The minimum absolute atomic E-state index is 0.122. The molecule has 2 fully saturated rings. The van der Waals surface area contributed by atoms with E-state index in [0.29, 0.717) is 10.2 Å². The molecule has 1 saturated heterocycles. The second-order valence-electron chi connectivity index (χ2n) is 11.6. The van der Waals surface area contributed by atoms with E-state index >= 15 is 4.79 Å². The Bertz CT molecular complexity index is 1870. The summed E-state index contributed by atoms with van der Waals surface area (Å²) in [5.41, 5.74) is 2.42. The van der Waals surface area contributed by atoms with E-state index in [1.165, 1.54) is 4.90 Å². The first-order valence-electron chi connectivity index (χ1n) is 14.7. The van der Waals surface area contributed by atoms with Crippen LogP contribution in [0.1, 0.15) is 22.3 Å². The van der Waals surface area contributed by atoms with E-state index in [0.717, 1.165) is 33.4 Å². The molecule has 5 aromatic rings. The summed E-state index contributed by atoms with van der Waals surface area (Å²) in [6, 6.07) is 46.3. The largest absolute Gasteiger partial charge is 0.297 e. The number of para-hydroxylation sites is 1. The number of rotatable bonds is 5. The zero-order chi connectivity index (χ0) is 30.1. The normalized spacial score (nSPS) is 25.6. The first-order valence-corrected chi connectivity index (χ1v) is 15.5. The van der Waals surface area contributed by atoms with E-state index in [4.69, 9.17) is 0 Å². The van der Waals surface area contributed by atoms with Crippen LogP contribution in [0.3, 0.4) is 0 Å². The lowest BCUT2D eigenvalue weighted by Gasteiger charge is -2.39. The summed E-state index contributed by atoms with van der Waals surface area (Å²) in [6.07, 6.45) is 0. The van der Waals surface area contributed by atoms with E-state index in [9.17, 15) is 9.59 Å². The lowest BCUT2D eigenvalue weighted by Crippen LogP contribution is -2.45. The average Bonchev–Trinajstić information content (AvgIpc) is 3.59. The smallest absolute Gasteiger partial charge is 0.239 e. The molecule has 4 nitrogen and oxygen atoms in total. The van der Waals surface area contributed by atoms with Gasteiger partial charge in [0.25, 0.3) is 0 Å². The maximum atomic E-state index is 15.8. The van der Waals surface area contributed by atoms with Crippen molar-refractivity contribution in [3.63, 3.8) is 0 Å². The number of fused-ring (bicyclic) bond motifs is 5. The number of benzene rings is 5. The molecule has 44 heavy (non-hydrogen) atoms. The molecule has 4 unspecified atom stereocenters. The van der Waals surface area contributed by atoms with E-state index in [1.807, 2.05) is 140 Å². The van der Waals surface area contributed by atoms with Crippen LogP contribution in [-0.2, 0) is 25.2 Å². The first-order chi connectivity index (χ1) is 21.5. The summed E-state index contributed by atoms with van der Waals surface area (Å²) in [6.45, 7) is 0. The van der Waals surface area contributed by atoms with Crippen molar-refractivity contribution in [2.45, 2.75) is 10.8 Å². The molecule has 1 heterocycles. The third-order valence-corrected chi connectivity index (χ3v) is 10.3. The summed E-state index contributed by atoms with van der Waals surface area (Å²) in [4.78, 5) is 47.1. The third kappa shape index (κ3) is 3.25. The Hall–Kier alpha value is -4.87. The molecular weight excluding hydrogens is 610 g/mol. The zero-order valence-electron chi connectivity index (χ0n) is 23.6. The Labute approximate surface area is 263 Å². The number of hydrogen-bond donors (Lipinski definition) is 0. The predicted octanol–water partition coefficient (Wildman–Crippen LogP) is 7.64. The summed E-state index contributed by atoms with van der Waals surface area (Å²) in [7, 11) is 0. The molecule has 8 rings (SSSR count). The highest BCUT2D eigenvalue weighted by Crippen LogP contribution is 2.74. The number of hydrogen-bond acceptors (Lipinski definition) is 3. The molecule has 212 valence electrons. The van der Waals surface area contributed by atoms with Crippen LogP contribution in [0.25, 0.3) is 11.1 Å². The SMILES string of the molecule is O=C1C2C(C(=O)N1c1ccccc1Br)C1(c3ccccc3)C(=O)C2(c2ccccc2)C(c2ccccc2)=C1c1ccccc1. The first kappa shape index (κ1) is 26.7. The maximum Gasteiger partial charge on any atom is 0.239 e. The number of halogens is 1. The monoisotopic (exact) mass is 635 g/mol. The fourth-order valence-corrected chi connectivity index (χ4v) is 8.67.